The van der Waals surface area contributed by atoms with E-state index in [4.69, 9.17) is 16.3 Å². The molecule has 5 nitrogen and oxygen atoms in total. The van der Waals surface area contributed by atoms with Crippen molar-refractivity contribution in [3.8, 4) is 5.75 Å². The van der Waals surface area contributed by atoms with Crippen LogP contribution < -0.4 is 4.74 Å². The van der Waals surface area contributed by atoms with E-state index in [1.165, 1.54) is 12.8 Å². The van der Waals surface area contributed by atoms with Crippen LogP contribution in [-0.4, -0.2) is 66.2 Å². The van der Waals surface area contributed by atoms with Crippen LogP contribution in [0.25, 0.3) is 0 Å². The van der Waals surface area contributed by atoms with Crippen LogP contribution in [0.4, 0.5) is 0 Å². The molecule has 1 aromatic carbocycles. The summed E-state index contributed by atoms with van der Waals surface area (Å²) in [7, 11) is 1.54. The lowest BCUT2D eigenvalue weighted by atomic mass is 9.91. The van der Waals surface area contributed by atoms with Crippen LogP contribution in [-0.2, 0) is 0 Å². The molecule has 2 saturated heterocycles. The molecule has 1 atom stereocenters. The molecule has 1 aromatic rings. The number of carbonyl (C=O) groups excluding carboxylic acids is 1. The molecule has 1 unspecified atom stereocenters. The third-order valence-corrected chi connectivity index (χ3v) is 5.19. The molecule has 2 fully saturated rings. The lowest BCUT2D eigenvalue weighted by molar-refractivity contribution is -0.0431. The molecule has 0 aliphatic carbocycles. The number of aliphatic hydroxyl groups is 1. The van der Waals surface area contributed by atoms with Gasteiger partial charge in [0.1, 0.15) is 5.75 Å². The molecule has 0 aromatic heterocycles. The van der Waals surface area contributed by atoms with Crippen molar-refractivity contribution in [2.45, 2.75) is 31.3 Å². The third kappa shape index (κ3) is 3.85. The maximum atomic E-state index is 12.9. The quantitative estimate of drug-likeness (QED) is 0.904. The highest BCUT2D eigenvalue weighted by atomic mass is 35.5. The number of nitrogens with zero attached hydrogens (tertiary/aromatic N) is 2. The second-order valence-corrected chi connectivity index (χ2v) is 7.32. The topological polar surface area (TPSA) is 53.0 Å². The predicted molar refractivity (Wildman–Crippen MR) is 93.8 cm³/mol. The van der Waals surface area contributed by atoms with Crippen LogP contribution in [0.3, 0.4) is 0 Å². The lowest BCUT2D eigenvalue weighted by Crippen LogP contribution is -2.55. The number of hydrogen-bond acceptors (Lipinski definition) is 4. The van der Waals surface area contributed by atoms with E-state index in [1.807, 2.05) is 0 Å². The van der Waals surface area contributed by atoms with Crippen molar-refractivity contribution in [2.24, 2.45) is 0 Å². The number of β-amino-alcohol motifs (C(OH)–C–C–N with tert-alkyl or cyclic N) is 1. The summed E-state index contributed by atoms with van der Waals surface area (Å²) in [6.07, 6.45) is 3.93. The number of methoxy groups -OCH3 is 1. The van der Waals surface area contributed by atoms with Crippen molar-refractivity contribution in [3.63, 3.8) is 0 Å². The molecule has 0 bridgehead atoms. The van der Waals surface area contributed by atoms with Gasteiger partial charge in [-0.1, -0.05) is 11.6 Å². The number of amides is 1. The van der Waals surface area contributed by atoms with Crippen LogP contribution in [0, 0.1) is 0 Å². The molecule has 6 heteroatoms. The number of benzene rings is 1. The molecule has 2 heterocycles. The molecular weight excluding hydrogens is 328 g/mol. The number of ether oxygens (including phenoxy) is 1. The summed E-state index contributed by atoms with van der Waals surface area (Å²) in [5.74, 6) is 0.381. The average molecular weight is 353 g/mol. The van der Waals surface area contributed by atoms with Gasteiger partial charge >= 0.3 is 0 Å². The normalized spacial score (nSPS) is 25.0. The molecule has 1 N–H and O–H groups in total. The second kappa shape index (κ2) is 7.30. The Bertz CT molecular complexity index is 604. The first-order valence-corrected chi connectivity index (χ1v) is 8.96. The Balaban J connectivity index is 1.74. The average Bonchev–Trinajstić information content (AvgIpc) is 3.06. The molecular formula is C18H25ClN2O3. The first-order valence-electron chi connectivity index (χ1n) is 8.58. The Kier molecular flexibility index (Phi) is 5.33. The van der Waals surface area contributed by atoms with Gasteiger partial charge in [0.05, 0.1) is 24.8 Å². The van der Waals surface area contributed by atoms with Gasteiger partial charge in [-0.25, -0.2) is 0 Å². The molecule has 24 heavy (non-hydrogen) atoms. The fourth-order valence-electron chi connectivity index (χ4n) is 3.79. The molecule has 3 rings (SSSR count). The van der Waals surface area contributed by atoms with Gasteiger partial charge in [0.15, 0.2) is 0 Å². The van der Waals surface area contributed by atoms with E-state index in [9.17, 15) is 9.90 Å². The van der Waals surface area contributed by atoms with E-state index in [0.717, 1.165) is 25.9 Å². The molecule has 0 saturated carbocycles. The number of rotatable bonds is 4. The highest BCUT2D eigenvalue weighted by molar-refractivity contribution is 6.31. The van der Waals surface area contributed by atoms with Crippen LogP contribution in [0.2, 0.25) is 5.02 Å². The van der Waals surface area contributed by atoms with E-state index in [0.29, 0.717) is 36.0 Å². The van der Waals surface area contributed by atoms with Gasteiger partial charge < -0.3 is 19.6 Å². The summed E-state index contributed by atoms with van der Waals surface area (Å²) >= 11 is 6.04. The minimum absolute atomic E-state index is 0.131. The maximum absolute atomic E-state index is 12.9. The third-order valence-electron chi connectivity index (χ3n) is 4.95. The van der Waals surface area contributed by atoms with Crippen LogP contribution in [0.15, 0.2) is 18.2 Å². The van der Waals surface area contributed by atoms with Gasteiger partial charge in [-0.05, 0) is 57.0 Å². The van der Waals surface area contributed by atoms with Gasteiger partial charge in [0.2, 0.25) is 0 Å². The first-order chi connectivity index (χ1) is 11.5. The van der Waals surface area contributed by atoms with Crippen molar-refractivity contribution in [3.05, 3.63) is 28.8 Å². The van der Waals surface area contributed by atoms with E-state index in [2.05, 4.69) is 4.90 Å². The van der Waals surface area contributed by atoms with E-state index < -0.39 is 5.60 Å². The zero-order valence-corrected chi connectivity index (χ0v) is 14.9. The summed E-state index contributed by atoms with van der Waals surface area (Å²) in [5.41, 5.74) is -0.375. The van der Waals surface area contributed by atoms with E-state index in [-0.39, 0.29) is 5.91 Å². The lowest BCUT2D eigenvalue weighted by Gasteiger charge is -2.41. The van der Waals surface area contributed by atoms with Gasteiger partial charge in [0, 0.05) is 18.1 Å². The minimum Gasteiger partial charge on any atom is -0.496 e. The van der Waals surface area contributed by atoms with Crippen molar-refractivity contribution in [2.75, 3.05) is 39.8 Å². The maximum Gasteiger partial charge on any atom is 0.257 e. The Labute approximate surface area is 148 Å². The fourth-order valence-corrected chi connectivity index (χ4v) is 3.96. The Morgan fingerprint density at radius 1 is 1.29 bits per heavy atom. The number of halogens is 1. The zero-order chi connectivity index (χ0) is 17.2. The van der Waals surface area contributed by atoms with Gasteiger partial charge in [-0.3, -0.25) is 4.79 Å². The molecule has 0 radical (unpaired) electrons. The zero-order valence-electron chi connectivity index (χ0n) is 14.1. The molecule has 2 aliphatic heterocycles. The largest absolute Gasteiger partial charge is 0.496 e. The predicted octanol–water partition coefficient (Wildman–Crippen LogP) is 2.41. The Morgan fingerprint density at radius 3 is 2.75 bits per heavy atom. The van der Waals surface area contributed by atoms with Crippen molar-refractivity contribution in [1.29, 1.82) is 0 Å². The van der Waals surface area contributed by atoms with Crippen molar-refractivity contribution in [1.82, 2.24) is 9.80 Å². The van der Waals surface area contributed by atoms with Gasteiger partial charge in [0.25, 0.3) is 5.91 Å². The number of likely N-dealkylation sites (tertiary alicyclic amines) is 2. The van der Waals surface area contributed by atoms with Gasteiger partial charge in [-0.2, -0.15) is 0 Å². The van der Waals surface area contributed by atoms with Crippen molar-refractivity contribution < 1.29 is 14.6 Å². The minimum atomic E-state index is -0.829. The fraction of sp³-hybridized carbons (Fsp3) is 0.611. The summed E-state index contributed by atoms with van der Waals surface area (Å²) in [4.78, 5) is 16.9. The van der Waals surface area contributed by atoms with Crippen molar-refractivity contribution >= 4 is 17.5 Å². The van der Waals surface area contributed by atoms with Crippen LogP contribution in [0.1, 0.15) is 36.0 Å². The molecule has 0 spiro atoms. The second-order valence-electron chi connectivity index (χ2n) is 6.88. The Hall–Kier alpha value is -1.30. The Morgan fingerprint density at radius 2 is 2.04 bits per heavy atom. The van der Waals surface area contributed by atoms with E-state index in [1.54, 1.807) is 30.2 Å². The number of hydrogen-bond donors (Lipinski definition) is 1. The standard InChI is InChI=1S/C18H25ClN2O3/c1-24-16-6-5-14(19)11-15(16)17(22)21-10-4-7-18(23,13-21)12-20-8-2-3-9-20/h5-6,11,23H,2-4,7-10,12-13H2,1H3. The smallest absolute Gasteiger partial charge is 0.257 e. The molecule has 1 amide bonds. The highest BCUT2D eigenvalue weighted by Crippen LogP contribution is 2.28. The number of carbonyl (C=O) groups is 1. The number of piperidine rings is 1. The summed E-state index contributed by atoms with van der Waals surface area (Å²) in [6.45, 7) is 3.73. The first kappa shape index (κ1) is 17.5. The van der Waals surface area contributed by atoms with Crippen LogP contribution in [0.5, 0.6) is 5.75 Å². The summed E-state index contributed by atoms with van der Waals surface area (Å²) < 4.78 is 5.30. The van der Waals surface area contributed by atoms with Crippen LogP contribution >= 0.6 is 11.6 Å². The summed E-state index contributed by atoms with van der Waals surface area (Å²) in [6, 6.07) is 5.05. The SMILES string of the molecule is COc1ccc(Cl)cc1C(=O)N1CCCC(O)(CN2CCCC2)C1. The van der Waals surface area contributed by atoms with Gasteiger partial charge in [-0.15, -0.1) is 0 Å². The molecule has 132 valence electrons. The monoisotopic (exact) mass is 352 g/mol. The molecule has 2 aliphatic rings. The van der Waals surface area contributed by atoms with E-state index >= 15 is 0 Å². The summed E-state index contributed by atoms with van der Waals surface area (Å²) in [5, 5.41) is 11.5. The highest BCUT2D eigenvalue weighted by Gasteiger charge is 2.37.